The Labute approximate surface area is 112 Å². The molecular formula is C14H27NO2S. The smallest absolute Gasteiger partial charge is 0.150 e. The summed E-state index contributed by atoms with van der Waals surface area (Å²) in [5.74, 6) is 0. The fraction of sp³-hybridized carbons (Fsp3) is 1.00. The lowest BCUT2D eigenvalue weighted by Crippen LogP contribution is -2.47. The van der Waals surface area contributed by atoms with Crippen LogP contribution < -0.4 is 5.32 Å². The molecule has 0 saturated heterocycles. The lowest BCUT2D eigenvalue weighted by atomic mass is 9.85. The molecule has 2 saturated carbocycles. The van der Waals surface area contributed by atoms with E-state index in [0.29, 0.717) is 17.5 Å². The number of hydrogen-bond donors (Lipinski definition) is 1. The van der Waals surface area contributed by atoms with Gasteiger partial charge in [-0.05, 0) is 37.5 Å². The van der Waals surface area contributed by atoms with Gasteiger partial charge in [-0.3, -0.25) is 0 Å². The molecule has 0 aliphatic heterocycles. The molecular weight excluding hydrogens is 246 g/mol. The second kappa shape index (κ2) is 5.12. The van der Waals surface area contributed by atoms with E-state index >= 15 is 0 Å². The topological polar surface area (TPSA) is 46.2 Å². The van der Waals surface area contributed by atoms with Gasteiger partial charge in [-0.15, -0.1) is 0 Å². The van der Waals surface area contributed by atoms with Crippen molar-refractivity contribution in [1.82, 2.24) is 5.32 Å². The van der Waals surface area contributed by atoms with E-state index in [-0.39, 0.29) is 5.25 Å². The predicted octanol–water partition coefficient (Wildman–Crippen LogP) is 2.51. The van der Waals surface area contributed by atoms with E-state index in [9.17, 15) is 8.42 Å². The molecule has 0 bridgehead atoms. The van der Waals surface area contributed by atoms with Crippen LogP contribution in [0.4, 0.5) is 0 Å². The minimum atomic E-state index is -2.86. The Kier molecular flexibility index (Phi) is 4.07. The molecule has 2 fully saturated rings. The van der Waals surface area contributed by atoms with Gasteiger partial charge >= 0.3 is 0 Å². The molecule has 106 valence electrons. The molecule has 0 spiro atoms. The average molecular weight is 273 g/mol. The Bertz CT molecular complexity index is 389. The highest BCUT2D eigenvalue weighted by Crippen LogP contribution is 2.38. The van der Waals surface area contributed by atoms with Crippen molar-refractivity contribution >= 4 is 9.84 Å². The lowest BCUT2D eigenvalue weighted by molar-refractivity contribution is 0.238. The van der Waals surface area contributed by atoms with E-state index < -0.39 is 9.84 Å². The number of hydrogen-bond acceptors (Lipinski definition) is 3. The highest BCUT2D eigenvalue weighted by Gasteiger charge is 2.37. The third-order valence-corrected chi connectivity index (χ3v) is 6.56. The normalized spacial score (nSPS) is 36.7. The van der Waals surface area contributed by atoms with Crippen LogP contribution in [0.5, 0.6) is 0 Å². The Morgan fingerprint density at radius 2 is 1.83 bits per heavy atom. The van der Waals surface area contributed by atoms with E-state index in [1.54, 1.807) is 0 Å². The van der Waals surface area contributed by atoms with Crippen molar-refractivity contribution in [1.29, 1.82) is 0 Å². The van der Waals surface area contributed by atoms with Gasteiger partial charge in [0.15, 0.2) is 0 Å². The zero-order valence-corrected chi connectivity index (χ0v) is 12.7. The van der Waals surface area contributed by atoms with Crippen LogP contribution >= 0.6 is 0 Å². The molecule has 0 heterocycles. The van der Waals surface area contributed by atoms with Crippen LogP contribution in [0.1, 0.15) is 58.8 Å². The third kappa shape index (κ3) is 3.27. The molecule has 0 radical (unpaired) electrons. The summed E-state index contributed by atoms with van der Waals surface area (Å²) in [6, 6.07) is 0.974. The maximum atomic E-state index is 11.7. The van der Waals surface area contributed by atoms with Gasteiger partial charge in [0.2, 0.25) is 0 Å². The SMILES string of the molecule is CC1(C)CCCC1NC1CCCC(S(C)(=O)=O)C1. The maximum Gasteiger partial charge on any atom is 0.150 e. The summed E-state index contributed by atoms with van der Waals surface area (Å²) in [4.78, 5) is 0. The third-order valence-electron chi connectivity index (χ3n) is 4.93. The van der Waals surface area contributed by atoms with Gasteiger partial charge in [-0.2, -0.15) is 0 Å². The number of rotatable bonds is 3. The first-order valence-corrected chi connectivity index (χ1v) is 9.19. The molecule has 2 aliphatic carbocycles. The standard InChI is InChI=1S/C14H27NO2S/c1-14(2)9-5-8-13(14)15-11-6-4-7-12(10-11)18(3,16)17/h11-13,15H,4-10H2,1-3H3. The van der Waals surface area contributed by atoms with Crippen LogP contribution in [0.25, 0.3) is 0 Å². The minimum absolute atomic E-state index is 0.117. The van der Waals surface area contributed by atoms with Crippen LogP contribution in [-0.2, 0) is 9.84 Å². The number of sulfone groups is 1. The molecule has 0 aromatic carbocycles. The summed E-state index contributed by atoms with van der Waals surface area (Å²) in [6.07, 6.45) is 9.06. The van der Waals surface area contributed by atoms with Gasteiger partial charge in [0, 0.05) is 18.3 Å². The lowest BCUT2D eigenvalue weighted by Gasteiger charge is -2.35. The highest BCUT2D eigenvalue weighted by molar-refractivity contribution is 7.91. The van der Waals surface area contributed by atoms with Crippen molar-refractivity contribution in [2.45, 2.75) is 76.1 Å². The summed E-state index contributed by atoms with van der Waals surface area (Å²) in [7, 11) is -2.86. The summed E-state index contributed by atoms with van der Waals surface area (Å²) < 4.78 is 23.3. The molecule has 3 atom stereocenters. The molecule has 2 rings (SSSR count). The predicted molar refractivity (Wildman–Crippen MR) is 75.4 cm³/mol. The van der Waals surface area contributed by atoms with Crippen LogP contribution in [-0.4, -0.2) is 32.0 Å². The molecule has 2 aliphatic rings. The molecule has 1 N–H and O–H groups in total. The Morgan fingerprint density at radius 3 is 2.39 bits per heavy atom. The average Bonchev–Trinajstić information content (AvgIpc) is 2.58. The van der Waals surface area contributed by atoms with E-state index in [2.05, 4.69) is 19.2 Å². The quantitative estimate of drug-likeness (QED) is 0.859. The van der Waals surface area contributed by atoms with E-state index in [1.807, 2.05) is 0 Å². The van der Waals surface area contributed by atoms with Crippen LogP contribution in [0, 0.1) is 5.41 Å². The zero-order valence-electron chi connectivity index (χ0n) is 11.9. The van der Waals surface area contributed by atoms with Crippen molar-refractivity contribution in [2.75, 3.05) is 6.26 Å². The van der Waals surface area contributed by atoms with Gasteiger partial charge in [0.25, 0.3) is 0 Å². The van der Waals surface area contributed by atoms with Gasteiger partial charge in [0.1, 0.15) is 9.84 Å². The van der Waals surface area contributed by atoms with Crippen molar-refractivity contribution in [2.24, 2.45) is 5.41 Å². The molecule has 3 unspecified atom stereocenters. The second-order valence-corrected chi connectivity index (χ2v) is 9.24. The maximum absolute atomic E-state index is 11.7. The fourth-order valence-electron chi connectivity index (χ4n) is 3.61. The summed E-state index contributed by atoms with van der Waals surface area (Å²) in [5.41, 5.74) is 0.373. The Morgan fingerprint density at radius 1 is 1.11 bits per heavy atom. The zero-order chi connectivity index (χ0) is 13.4. The molecule has 4 heteroatoms. The van der Waals surface area contributed by atoms with Crippen LogP contribution in [0.2, 0.25) is 0 Å². The first-order valence-electron chi connectivity index (χ1n) is 7.24. The largest absolute Gasteiger partial charge is 0.311 e. The monoisotopic (exact) mass is 273 g/mol. The second-order valence-electron chi connectivity index (χ2n) is 6.92. The Hall–Kier alpha value is -0.0900. The first kappa shape index (κ1) is 14.3. The number of nitrogens with one attached hydrogen (secondary N) is 1. The van der Waals surface area contributed by atoms with E-state index in [0.717, 1.165) is 25.7 Å². The summed E-state index contributed by atoms with van der Waals surface area (Å²) >= 11 is 0. The van der Waals surface area contributed by atoms with Crippen LogP contribution in [0.3, 0.4) is 0 Å². The van der Waals surface area contributed by atoms with E-state index in [1.165, 1.54) is 25.5 Å². The molecule has 3 nitrogen and oxygen atoms in total. The molecule has 0 aromatic heterocycles. The highest BCUT2D eigenvalue weighted by atomic mass is 32.2. The summed E-state index contributed by atoms with van der Waals surface area (Å²) in [5, 5.41) is 3.63. The van der Waals surface area contributed by atoms with Crippen molar-refractivity contribution in [3.63, 3.8) is 0 Å². The van der Waals surface area contributed by atoms with Crippen LogP contribution in [0.15, 0.2) is 0 Å². The van der Waals surface area contributed by atoms with Gasteiger partial charge < -0.3 is 5.32 Å². The van der Waals surface area contributed by atoms with Crippen molar-refractivity contribution < 1.29 is 8.42 Å². The van der Waals surface area contributed by atoms with Crippen molar-refractivity contribution in [3.05, 3.63) is 0 Å². The van der Waals surface area contributed by atoms with E-state index in [4.69, 9.17) is 0 Å². The molecule has 0 amide bonds. The molecule has 0 aromatic rings. The Balaban J connectivity index is 1.94. The first-order chi connectivity index (χ1) is 8.29. The summed E-state index contributed by atoms with van der Waals surface area (Å²) in [6.45, 7) is 4.66. The van der Waals surface area contributed by atoms with Gasteiger partial charge in [-0.25, -0.2) is 8.42 Å². The molecule has 18 heavy (non-hydrogen) atoms. The van der Waals surface area contributed by atoms with Gasteiger partial charge in [0.05, 0.1) is 5.25 Å². The van der Waals surface area contributed by atoms with Gasteiger partial charge in [-0.1, -0.05) is 26.7 Å². The fourth-order valence-corrected chi connectivity index (χ4v) is 4.78. The van der Waals surface area contributed by atoms with Crippen molar-refractivity contribution in [3.8, 4) is 0 Å². The minimum Gasteiger partial charge on any atom is -0.311 e.